The van der Waals surface area contributed by atoms with E-state index in [-0.39, 0.29) is 18.4 Å². The van der Waals surface area contributed by atoms with Crippen LogP contribution in [0.15, 0.2) is 84.9 Å². The number of carbonyl (C=O) groups is 2. The highest BCUT2D eigenvalue weighted by atomic mass is 16.4. The second-order valence-corrected chi connectivity index (χ2v) is 8.13. The molecule has 0 spiro atoms. The lowest BCUT2D eigenvalue weighted by molar-refractivity contribution is -0.137. The van der Waals surface area contributed by atoms with Crippen molar-refractivity contribution in [3.63, 3.8) is 0 Å². The molecule has 5 nitrogen and oxygen atoms in total. The summed E-state index contributed by atoms with van der Waals surface area (Å²) in [6.45, 7) is 2.73. The number of piperazine rings is 1. The van der Waals surface area contributed by atoms with Crippen LogP contribution in [0, 0.1) is 0 Å². The summed E-state index contributed by atoms with van der Waals surface area (Å²) in [5.41, 5.74) is 4.05. The fourth-order valence-corrected chi connectivity index (χ4v) is 4.35. The number of hydrogen-bond donors (Lipinski definition) is 1. The molecule has 3 aromatic rings. The number of benzene rings is 3. The number of rotatable bonds is 7. The molecule has 0 aromatic heterocycles. The molecule has 3 aromatic carbocycles. The van der Waals surface area contributed by atoms with Gasteiger partial charge in [0.2, 0.25) is 0 Å². The quantitative estimate of drug-likeness (QED) is 0.592. The Morgan fingerprint density at radius 2 is 1.31 bits per heavy atom. The van der Waals surface area contributed by atoms with Crippen LogP contribution < -0.4 is 0 Å². The number of carboxylic acid groups (broad SMARTS) is 1. The van der Waals surface area contributed by atoms with Gasteiger partial charge in [0.05, 0.1) is 0 Å². The molecule has 0 radical (unpaired) electrons. The number of aliphatic carboxylic acids is 1. The van der Waals surface area contributed by atoms with Gasteiger partial charge in [-0.25, -0.2) is 0 Å². The SMILES string of the molecule is O=C(O)CC[C@H](c1ccccc1)N1CCN(C(=O)c2ccc(-c3ccccc3)cc2)CC1. The number of carboxylic acids is 1. The molecule has 0 unspecified atom stereocenters. The second-order valence-electron chi connectivity index (χ2n) is 8.13. The van der Waals surface area contributed by atoms with Crippen molar-refractivity contribution < 1.29 is 14.7 Å². The summed E-state index contributed by atoms with van der Waals surface area (Å²) in [6.07, 6.45) is 0.695. The van der Waals surface area contributed by atoms with Crippen molar-refractivity contribution in [1.29, 1.82) is 0 Å². The first-order valence-electron chi connectivity index (χ1n) is 11.1. The van der Waals surface area contributed by atoms with Gasteiger partial charge in [0.25, 0.3) is 5.91 Å². The van der Waals surface area contributed by atoms with Crippen LogP contribution in [0.3, 0.4) is 0 Å². The smallest absolute Gasteiger partial charge is 0.303 e. The van der Waals surface area contributed by atoms with E-state index in [0.717, 1.165) is 29.8 Å². The first-order valence-corrected chi connectivity index (χ1v) is 11.1. The average molecular weight is 429 g/mol. The molecule has 1 amide bonds. The molecule has 0 aliphatic carbocycles. The lowest BCUT2D eigenvalue weighted by Gasteiger charge is -2.39. The van der Waals surface area contributed by atoms with Gasteiger partial charge >= 0.3 is 5.97 Å². The summed E-state index contributed by atoms with van der Waals surface area (Å²) >= 11 is 0. The molecule has 0 saturated carbocycles. The molecular formula is C27H28N2O3. The summed E-state index contributed by atoms with van der Waals surface area (Å²) in [5.74, 6) is -0.732. The normalized spacial score (nSPS) is 15.3. The van der Waals surface area contributed by atoms with E-state index in [1.54, 1.807) is 0 Å². The predicted octanol–water partition coefficient (Wildman–Crippen LogP) is 4.72. The summed E-state index contributed by atoms with van der Waals surface area (Å²) in [5, 5.41) is 9.17. The molecule has 1 aliphatic heterocycles. The maximum Gasteiger partial charge on any atom is 0.303 e. The Hall–Kier alpha value is -3.44. The van der Waals surface area contributed by atoms with Crippen molar-refractivity contribution in [3.05, 3.63) is 96.1 Å². The standard InChI is InChI=1S/C27H28N2O3/c30-26(31)16-15-25(23-9-5-2-6-10-23)28-17-19-29(20-18-28)27(32)24-13-11-22(12-14-24)21-7-3-1-4-8-21/h1-14,25H,15-20H2,(H,30,31)/t25-/m1/s1. The number of carbonyl (C=O) groups excluding carboxylic acids is 1. The van der Waals surface area contributed by atoms with Gasteiger partial charge in [-0.3, -0.25) is 14.5 Å². The lowest BCUT2D eigenvalue weighted by Crippen LogP contribution is -2.49. The van der Waals surface area contributed by atoms with Gasteiger partial charge in [0.1, 0.15) is 0 Å². The molecule has 4 rings (SSSR count). The average Bonchev–Trinajstić information content (AvgIpc) is 2.85. The van der Waals surface area contributed by atoms with Gasteiger partial charge in [-0.05, 0) is 35.2 Å². The first-order chi connectivity index (χ1) is 15.6. The maximum absolute atomic E-state index is 13.0. The van der Waals surface area contributed by atoms with E-state index in [2.05, 4.69) is 29.2 Å². The van der Waals surface area contributed by atoms with Gasteiger partial charge in [-0.1, -0.05) is 72.8 Å². The monoisotopic (exact) mass is 428 g/mol. The molecule has 164 valence electrons. The third kappa shape index (κ3) is 5.24. The summed E-state index contributed by atoms with van der Waals surface area (Å²) in [6, 6.07) is 28.0. The van der Waals surface area contributed by atoms with Crippen LogP contribution in [0.1, 0.15) is 34.8 Å². The zero-order chi connectivity index (χ0) is 22.3. The molecule has 5 heteroatoms. The highest BCUT2D eigenvalue weighted by molar-refractivity contribution is 5.94. The van der Waals surface area contributed by atoms with Crippen LogP contribution in [-0.2, 0) is 4.79 Å². The zero-order valence-corrected chi connectivity index (χ0v) is 18.1. The number of amides is 1. The molecule has 1 fully saturated rings. The van der Waals surface area contributed by atoms with Crippen molar-refractivity contribution in [2.75, 3.05) is 26.2 Å². The van der Waals surface area contributed by atoms with Gasteiger partial charge in [-0.2, -0.15) is 0 Å². The van der Waals surface area contributed by atoms with Gasteiger partial charge < -0.3 is 10.0 Å². The largest absolute Gasteiger partial charge is 0.481 e. The van der Waals surface area contributed by atoms with E-state index in [0.29, 0.717) is 25.1 Å². The van der Waals surface area contributed by atoms with Crippen LogP contribution in [0.2, 0.25) is 0 Å². The van der Waals surface area contributed by atoms with Crippen molar-refractivity contribution in [1.82, 2.24) is 9.80 Å². The minimum atomic E-state index is -0.779. The number of hydrogen-bond acceptors (Lipinski definition) is 3. The van der Waals surface area contributed by atoms with Crippen LogP contribution in [0.5, 0.6) is 0 Å². The van der Waals surface area contributed by atoms with Crippen LogP contribution in [0.25, 0.3) is 11.1 Å². The lowest BCUT2D eigenvalue weighted by atomic mass is 9.99. The topological polar surface area (TPSA) is 60.9 Å². The van der Waals surface area contributed by atoms with E-state index in [9.17, 15) is 9.59 Å². The summed E-state index contributed by atoms with van der Waals surface area (Å²) in [4.78, 5) is 28.4. The molecule has 0 bridgehead atoms. The van der Waals surface area contributed by atoms with Gasteiger partial charge in [0.15, 0.2) is 0 Å². The summed E-state index contributed by atoms with van der Waals surface area (Å²) in [7, 11) is 0. The Balaban J connectivity index is 1.39. The Kier molecular flexibility index (Phi) is 6.97. The fourth-order valence-electron chi connectivity index (χ4n) is 4.35. The highest BCUT2D eigenvalue weighted by Crippen LogP contribution is 2.27. The molecular weight excluding hydrogens is 400 g/mol. The van der Waals surface area contributed by atoms with Crippen molar-refractivity contribution in [2.45, 2.75) is 18.9 Å². The minimum Gasteiger partial charge on any atom is -0.481 e. The Labute approximate surface area is 188 Å². The number of nitrogens with zero attached hydrogens (tertiary/aromatic N) is 2. The second kappa shape index (κ2) is 10.2. The van der Waals surface area contributed by atoms with E-state index in [1.807, 2.05) is 65.6 Å². The predicted molar refractivity (Wildman–Crippen MR) is 125 cm³/mol. The van der Waals surface area contributed by atoms with E-state index in [1.165, 1.54) is 0 Å². The third-order valence-electron chi connectivity index (χ3n) is 6.10. The van der Waals surface area contributed by atoms with Crippen LogP contribution >= 0.6 is 0 Å². The molecule has 1 saturated heterocycles. The van der Waals surface area contributed by atoms with E-state index in [4.69, 9.17) is 5.11 Å². The zero-order valence-electron chi connectivity index (χ0n) is 18.1. The highest BCUT2D eigenvalue weighted by Gasteiger charge is 2.27. The van der Waals surface area contributed by atoms with Crippen LogP contribution in [0.4, 0.5) is 0 Å². The molecule has 32 heavy (non-hydrogen) atoms. The molecule has 1 N–H and O–H groups in total. The van der Waals surface area contributed by atoms with Crippen molar-refractivity contribution in [2.24, 2.45) is 0 Å². The third-order valence-corrected chi connectivity index (χ3v) is 6.10. The molecule has 1 aliphatic rings. The van der Waals surface area contributed by atoms with E-state index < -0.39 is 5.97 Å². The van der Waals surface area contributed by atoms with Crippen LogP contribution in [-0.4, -0.2) is 53.0 Å². The van der Waals surface area contributed by atoms with Crippen molar-refractivity contribution in [3.8, 4) is 11.1 Å². The fraction of sp³-hybridized carbons (Fsp3) is 0.259. The maximum atomic E-state index is 13.0. The molecule has 1 atom stereocenters. The Morgan fingerprint density at radius 3 is 1.91 bits per heavy atom. The van der Waals surface area contributed by atoms with Gasteiger partial charge in [0, 0.05) is 44.2 Å². The first kappa shape index (κ1) is 21.8. The Morgan fingerprint density at radius 1 is 0.750 bits per heavy atom. The van der Waals surface area contributed by atoms with Crippen molar-refractivity contribution >= 4 is 11.9 Å². The molecule has 1 heterocycles. The summed E-state index contributed by atoms with van der Waals surface area (Å²) < 4.78 is 0. The minimum absolute atomic E-state index is 0.0473. The van der Waals surface area contributed by atoms with Gasteiger partial charge in [-0.15, -0.1) is 0 Å². The Bertz CT molecular complexity index is 1030. The van der Waals surface area contributed by atoms with E-state index >= 15 is 0 Å².